The standard InChI is InChI=1S/C69H129NO18/c1-3-5-7-9-11-13-15-17-19-21-23-25-27-29-31-33-35-37-39-41-43-45-47-57(75)70-52(53(74)46-44-42-40-38-36-34-32-30-28-26-24-22-20-18-16-14-12-10-8-6-4-2)51-83-67-63(81)60(78)65(55(49-72)85-67)88-69-64(82)61(79)66(56(50-73)86-69)87-68-62(80)59(77)58(76)54(48-71)84-68/h36,38,44,46,52-56,58-69,71-74,76-82H,3-35,37,39-43,45,47-51H2,1-2H3,(H,70,75)/b38-36+,46-44+. The highest BCUT2D eigenvalue weighted by molar-refractivity contribution is 5.76. The third-order valence-corrected chi connectivity index (χ3v) is 18.0. The second-order valence-corrected chi connectivity index (χ2v) is 25.7. The molecule has 0 saturated carbocycles. The lowest BCUT2D eigenvalue weighted by Crippen LogP contribution is -2.66. The molecule has 518 valence electrons. The fourth-order valence-corrected chi connectivity index (χ4v) is 12.2. The minimum absolute atomic E-state index is 0.241. The fraction of sp³-hybridized carbons (Fsp3) is 0.928. The summed E-state index contributed by atoms with van der Waals surface area (Å²) in [5.41, 5.74) is 0. The number of rotatable bonds is 55. The molecule has 0 radical (unpaired) electrons. The van der Waals surface area contributed by atoms with Crippen LogP contribution in [-0.4, -0.2) is 193 Å². The third kappa shape index (κ3) is 33.4. The van der Waals surface area contributed by atoms with Crippen molar-refractivity contribution in [2.24, 2.45) is 0 Å². The van der Waals surface area contributed by atoms with Crippen LogP contribution in [0.1, 0.15) is 277 Å². The number of amides is 1. The fourth-order valence-electron chi connectivity index (χ4n) is 12.2. The van der Waals surface area contributed by atoms with E-state index in [4.69, 9.17) is 28.4 Å². The summed E-state index contributed by atoms with van der Waals surface area (Å²) in [6.07, 6.45) is 31.6. The molecule has 3 fully saturated rings. The SMILES string of the molecule is CCCCCCCCCCCCCCCCC/C=C/CC/C=C/C(O)C(COC1OC(CO)C(OC2OC(CO)C(OC3OC(CO)C(O)C(O)C3O)C(O)C2O)C(O)C1O)NC(=O)CCCCCCCCCCCCCCCCCCCCCCCC. The minimum Gasteiger partial charge on any atom is -0.394 e. The summed E-state index contributed by atoms with van der Waals surface area (Å²) >= 11 is 0. The Bertz CT molecular complexity index is 1690. The molecular weight excluding hydrogens is 1130 g/mol. The monoisotopic (exact) mass is 1260 g/mol. The second kappa shape index (κ2) is 51.7. The Morgan fingerprint density at radius 3 is 1.14 bits per heavy atom. The summed E-state index contributed by atoms with van der Waals surface area (Å²) in [6, 6.07) is -0.987. The van der Waals surface area contributed by atoms with E-state index in [1.807, 2.05) is 6.08 Å². The summed E-state index contributed by atoms with van der Waals surface area (Å²) < 4.78 is 34.4. The number of aliphatic hydroxyl groups excluding tert-OH is 11. The normalized spacial score (nSPS) is 28.5. The molecule has 19 nitrogen and oxygen atoms in total. The molecule has 88 heavy (non-hydrogen) atoms. The minimum atomic E-state index is -1.98. The van der Waals surface area contributed by atoms with Gasteiger partial charge in [0, 0.05) is 6.42 Å². The molecule has 0 bridgehead atoms. The summed E-state index contributed by atoms with van der Waals surface area (Å²) in [6.45, 7) is 1.75. The summed E-state index contributed by atoms with van der Waals surface area (Å²) in [7, 11) is 0. The largest absolute Gasteiger partial charge is 0.394 e. The van der Waals surface area contributed by atoms with Gasteiger partial charge < -0.3 is 89.9 Å². The number of carbonyl (C=O) groups excluding carboxylic acids is 1. The van der Waals surface area contributed by atoms with E-state index in [1.165, 1.54) is 205 Å². The van der Waals surface area contributed by atoms with Crippen molar-refractivity contribution in [3.8, 4) is 0 Å². The zero-order valence-electron chi connectivity index (χ0n) is 54.7. The number of hydrogen-bond donors (Lipinski definition) is 12. The van der Waals surface area contributed by atoms with Crippen molar-refractivity contribution in [1.29, 1.82) is 0 Å². The van der Waals surface area contributed by atoms with Crippen molar-refractivity contribution in [3.05, 3.63) is 24.3 Å². The van der Waals surface area contributed by atoms with Crippen LogP contribution in [0.5, 0.6) is 0 Å². The van der Waals surface area contributed by atoms with Gasteiger partial charge in [0.25, 0.3) is 0 Å². The number of ether oxygens (including phenoxy) is 6. The van der Waals surface area contributed by atoms with Crippen LogP contribution in [-0.2, 0) is 33.2 Å². The Hall–Kier alpha value is -1.73. The second-order valence-electron chi connectivity index (χ2n) is 25.7. The smallest absolute Gasteiger partial charge is 0.220 e. The van der Waals surface area contributed by atoms with Gasteiger partial charge in [-0.1, -0.05) is 263 Å². The maximum atomic E-state index is 13.4. The summed E-state index contributed by atoms with van der Waals surface area (Å²) in [5, 5.41) is 121. The van der Waals surface area contributed by atoms with E-state index in [9.17, 15) is 61.0 Å². The van der Waals surface area contributed by atoms with Gasteiger partial charge in [0.2, 0.25) is 5.91 Å². The average Bonchev–Trinajstić information content (AvgIpc) is 2.37. The van der Waals surface area contributed by atoms with Crippen LogP contribution in [0.4, 0.5) is 0 Å². The topological polar surface area (TPSA) is 307 Å². The van der Waals surface area contributed by atoms with Crippen LogP contribution in [0.3, 0.4) is 0 Å². The Morgan fingerprint density at radius 1 is 0.398 bits per heavy atom. The number of unbranched alkanes of at least 4 members (excludes halogenated alkanes) is 37. The molecule has 0 aromatic rings. The maximum Gasteiger partial charge on any atom is 0.220 e. The van der Waals surface area contributed by atoms with Crippen molar-refractivity contribution < 1.29 is 89.4 Å². The molecule has 17 atom stereocenters. The lowest BCUT2D eigenvalue weighted by molar-refractivity contribution is -0.379. The maximum absolute atomic E-state index is 13.4. The van der Waals surface area contributed by atoms with Crippen LogP contribution in [0.15, 0.2) is 24.3 Å². The van der Waals surface area contributed by atoms with E-state index in [0.29, 0.717) is 12.8 Å². The molecule has 12 N–H and O–H groups in total. The Kier molecular flexibility index (Phi) is 47.3. The molecule has 3 rings (SSSR count). The van der Waals surface area contributed by atoms with Crippen molar-refractivity contribution in [2.45, 2.75) is 381 Å². The van der Waals surface area contributed by atoms with Gasteiger partial charge in [-0.15, -0.1) is 0 Å². The Morgan fingerprint density at radius 2 is 0.727 bits per heavy atom. The van der Waals surface area contributed by atoms with Gasteiger partial charge in [-0.3, -0.25) is 4.79 Å². The highest BCUT2D eigenvalue weighted by Crippen LogP contribution is 2.33. The molecule has 1 amide bonds. The number of carbonyl (C=O) groups is 1. The van der Waals surface area contributed by atoms with Gasteiger partial charge in [0.05, 0.1) is 38.6 Å². The highest BCUT2D eigenvalue weighted by atomic mass is 16.8. The van der Waals surface area contributed by atoms with E-state index < -0.39 is 124 Å². The molecule has 19 heteroatoms. The van der Waals surface area contributed by atoms with Gasteiger partial charge in [0.15, 0.2) is 18.9 Å². The lowest BCUT2D eigenvalue weighted by Gasteiger charge is -2.48. The zero-order chi connectivity index (χ0) is 64.0. The predicted octanol–water partition coefficient (Wildman–Crippen LogP) is 9.44. The first kappa shape index (κ1) is 80.5. The molecule has 0 aliphatic carbocycles. The van der Waals surface area contributed by atoms with Crippen molar-refractivity contribution in [1.82, 2.24) is 5.32 Å². The molecule has 3 aliphatic rings. The van der Waals surface area contributed by atoms with Crippen LogP contribution in [0.2, 0.25) is 0 Å². The van der Waals surface area contributed by atoms with Crippen LogP contribution >= 0.6 is 0 Å². The van der Waals surface area contributed by atoms with Gasteiger partial charge in [-0.05, 0) is 32.1 Å². The molecule has 3 saturated heterocycles. The van der Waals surface area contributed by atoms with Crippen molar-refractivity contribution >= 4 is 5.91 Å². The number of allylic oxidation sites excluding steroid dienone is 3. The van der Waals surface area contributed by atoms with E-state index >= 15 is 0 Å². The molecular formula is C69H129NO18. The van der Waals surface area contributed by atoms with E-state index in [0.717, 1.165) is 38.5 Å². The van der Waals surface area contributed by atoms with Crippen LogP contribution in [0.25, 0.3) is 0 Å². The zero-order valence-corrected chi connectivity index (χ0v) is 54.7. The number of aliphatic hydroxyl groups is 11. The molecule has 0 aromatic carbocycles. The third-order valence-electron chi connectivity index (χ3n) is 18.0. The number of nitrogens with one attached hydrogen (secondary N) is 1. The van der Waals surface area contributed by atoms with Gasteiger partial charge in [-0.2, -0.15) is 0 Å². The molecule has 0 aromatic heterocycles. The first-order chi connectivity index (χ1) is 42.8. The average molecular weight is 1260 g/mol. The molecule has 0 spiro atoms. The first-order valence-corrected chi connectivity index (χ1v) is 35.6. The quantitative estimate of drug-likeness (QED) is 0.0199. The van der Waals surface area contributed by atoms with Crippen molar-refractivity contribution in [2.75, 3.05) is 26.4 Å². The summed E-state index contributed by atoms with van der Waals surface area (Å²) in [5.74, 6) is -0.280. The van der Waals surface area contributed by atoms with E-state index in [-0.39, 0.29) is 18.9 Å². The summed E-state index contributed by atoms with van der Waals surface area (Å²) in [4.78, 5) is 13.4. The Balaban J connectivity index is 1.45. The van der Waals surface area contributed by atoms with Gasteiger partial charge in [0.1, 0.15) is 73.2 Å². The Labute approximate surface area is 530 Å². The van der Waals surface area contributed by atoms with Gasteiger partial charge in [-0.25, -0.2) is 0 Å². The first-order valence-electron chi connectivity index (χ1n) is 35.6. The molecule has 17 unspecified atom stereocenters. The van der Waals surface area contributed by atoms with Crippen LogP contribution < -0.4 is 5.32 Å². The van der Waals surface area contributed by atoms with E-state index in [1.54, 1.807) is 6.08 Å². The van der Waals surface area contributed by atoms with Gasteiger partial charge >= 0.3 is 0 Å². The molecule has 3 aliphatic heterocycles. The highest BCUT2D eigenvalue weighted by Gasteiger charge is 2.53. The number of hydrogen-bond acceptors (Lipinski definition) is 18. The van der Waals surface area contributed by atoms with Crippen LogP contribution in [0, 0.1) is 0 Å². The molecule has 3 heterocycles. The lowest BCUT2D eigenvalue weighted by atomic mass is 9.96. The van der Waals surface area contributed by atoms with E-state index in [2.05, 4.69) is 31.3 Å². The predicted molar refractivity (Wildman–Crippen MR) is 342 cm³/mol. The van der Waals surface area contributed by atoms with Crippen molar-refractivity contribution in [3.63, 3.8) is 0 Å².